The molecule has 3 nitrogen and oxygen atoms in total. The van der Waals surface area contributed by atoms with Gasteiger partial charge in [0.25, 0.3) is 5.91 Å². The number of hydrogen-bond acceptors (Lipinski definition) is 3. The standard InChI is InChI=1S/C16H14N2OS/c1-10-3-6-13(7-4-10)18-16(19)12-5-8-14-15(9-12)20-11(2)17-14/h3-9H,1-2H3,(H,18,19). The Balaban J connectivity index is 1.86. The van der Waals surface area contributed by atoms with Crippen LogP contribution in [0.15, 0.2) is 42.5 Å². The predicted molar refractivity (Wildman–Crippen MR) is 83.5 cm³/mol. The topological polar surface area (TPSA) is 42.0 Å². The normalized spacial score (nSPS) is 10.7. The molecule has 1 N–H and O–H groups in total. The first-order chi connectivity index (χ1) is 9.61. The van der Waals surface area contributed by atoms with Gasteiger partial charge in [0, 0.05) is 11.3 Å². The molecule has 0 atom stereocenters. The number of aromatic nitrogens is 1. The Bertz CT molecular complexity index is 775. The fraction of sp³-hybridized carbons (Fsp3) is 0.125. The van der Waals surface area contributed by atoms with Crippen molar-refractivity contribution < 1.29 is 4.79 Å². The van der Waals surface area contributed by atoms with Gasteiger partial charge in [-0.25, -0.2) is 4.98 Å². The first-order valence-electron chi connectivity index (χ1n) is 6.37. The summed E-state index contributed by atoms with van der Waals surface area (Å²) in [5.74, 6) is -0.0955. The molecule has 1 aromatic heterocycles. The molecule has 0 radical (unpaired) electrons. The Morgan fingerprint density at radius 3 is 2.60 bits per heavy atom. The molecular formula is C16H14N2OS. The number of carbonyl (C=O) groups is 1. The summed E-state index contributed by atoms with van der Waals surface area (Å²) in [6.45, 7) is 3.99. The largest absolute Gasteiger partial charge is 0.322 e. The van der Waals surface area contributed by atoms with Gasteiger partial charge in [-0.1, -0.05) is 17.7 Å². The van der Waals surface area contributed by atoms with Crippen LogP contribution in [0.2, 0.25) is 0 Å². The van der Waals surface area contributed by atoms with Crippen LogP contribution in [0.1, 0.15) is 20.9 Å². The molecule has 0 spiro atoms. The molecular weight excluding hydrogens is 268 g/mol. The van der Waals surface area contributed by atoms with E-state index in [4.69, 9.17) is 0 Å². The van der Waals surface area contributed by atoms with Crippen LogP contribution in [0.25, 0.3) is 10.2 Å². The third-order valence-corrected chi connectivity index (χ3v) is 4.00. The van der Waals surface area contributed by atoms with E-state index in [0.29, 0.717) is 5.56 Å². The van der Waals surface area contributed by atoms with Crippen molar-refractivity contribution in [1.29, 1.82) is 0 Å². The van der Waals surface area contributed by atoms with Crippen LogP contribution in [0.5, 0.6) is 0 Å². The molecule has 20 heavy (non-hydrogen) atoms. The van der Waals surface area contributed by atoms with E-state index >= 15 is 0 Å². The molecule has 3 rings (SSSR count). The van der Waals surface area contributed by atoms with E-state index in [0.717, 1.165) is 20.9 Å². The van der Waals surface area contributed by atoms with Gasteiger partial charge >= 0.3 is 0 Å². The summed E-state index contributed by atoms with van der Waals surface area (Å²) in [5.41, 5.74) is 3.58. The highest BCUT2D eigenvalue weighted by Gasteiger charge is 2.08. The fourth-order valence-electron chi connectivity index (χ4n) is 2.02. The number of anilines is 1. The van der Waals surface area contributed by atoms with Crippen LogP contribution in [-0.4, -0.2) is 10.9 Å². The fourth-order valence-corrected chi connectivity index (χ4v) is 2.89. The Hall–Kier alpha value is -2.20. The maximum atomic E-state index is 12.2. The van der Waals surface area contributed by atoms with Gasteiger partial charge in [0.15, 0.2) is 0 Å². The molecule has 0 saturated carbocycles. The Morgan fingerprint density at radius 2 is 1.85 bits per heavy atom. The van der Waals surface area contributed by atoms with Crippen molar-refractivity contribution in [1.82, 2.24) is 4.98 Å². The lowest BCUT2D eigenvalue weighted by atomic mass is 10.2. The lowest BCUT2D eigenvalue weighted by Gasteiger charge is -2.05. The lowest BCUT2D eigenvalue weighted by molar-refractivity contribution is 0.102. The van der Waals surface area contributed by atoms with E-state index in [1.54, 1.807) is 11.3 Å². The molecule has 2 aromatic carbocycles. The highest BCUT2D eigenvalue weighted by Crippen LogP contribution is 2.23. The monoisotopic (exact) mass is 282 g/mol. The van der Waals surface area contributed by atoms with Gasteiger partial charge in [-0.15, -0.1) is 11.3 Å². The first-order valence-corrected chi connectivity index (χ1v) is 7.19. The van der Waals surface area contributed by atoms with E-state index in [9.17, 15) is 4.79 Å². The molecule has 0 bridgehead atoms. The number of amides is 1. The second-order valence-corrected chi connectivity index (χ2v) is 5.97. The molecule has 0 saturated heterocycles. The van der Waals surface area contributed by atoms with Gasteiger partial charge in [0.1, 0.15) is 0 Å². The van der Waals surface area contributed by atoms with Gasteiger partial charge < -0.3 is 5.32 Å². The van der Waals surface area contributed by atoms with E-state index in [1.165, 1.54) is 5.56 Å². The smallest absolute Gasteiger partial charge is 0.255 e. The van der Waals surface area contributed by atoms with Gasteiger partial charge in [-0.2, -0.15) is 0 Å². The Morgan fingerprint density at radius 1 is 1.10 bits per heavy atom. The third kappa shape index (κ3) is 2.56. The average molecular weight is 282 g/mol. The summed E-state index contributed by atoms with van der Waals surface area (Å²) >= 11 is 1.60. The number of hydrogen-bond donors (Lipinski definition) is 1. The van der Waals surface area contributed by atoms with Crippen LogP contribution in [0.3, 0.4) is 0 Å². The second-order valence-electron chi connectivity index (χ2n) is 4.74. The molecule has 1 heterocycles. The molecule has 0 aliphatic carbocycles. The van der Waals surface area contributed by atoms with Crippen molar-refractivity contribution in [3.63, 3.8) is 0 Å². The van der Waals surface area contributed by atoms with Crippen LogP contribution in [-0.2, 0) is 0 Å². The second kappa shape index (κ2) is 5.06. The van der Waals surface area contributed by atoms with Crippen molar-refractivity contribution in [3.8, 4) is 0 Å². The van der Waals surface area contributed by atoms with Crippen LogP contribution in [0.4, 0.5) is 5.69 Å². The van der Waals surface area contributed by atoms with Crippen molar-refractivity contribution in [2.24, 2.45) is 0 Å². The number of nitrogens with zero attached hydrogens (tertiary/aromatic N) is 1. The minimum absolute atomic E-state index is 0.0955. The van der Waals surface area contributed by atoms with Crippen LogP contribution in [0, 0.1) is 13.8 Å². The minimum atomic E-state index is -0.0955. The molecule has 0 aliphatic rings. The molecule has 0 unspecified atom stereocenters. The minimum Gasteiger partial charge on any atom is -0.322 e. The third-order valence-electron chi connectivity index (χ3n) is 3.07. The summed E-state index contributed by atoms with van der Waals surface area (Å²) < 4.78 is 1.04. The Labute approximate surface area is 121 Å². The maximum Gasteiger partial charge on any atom is 0.255 e. The Kier molecular flexibility index (Phi) is 3.24. The predicted octanol–water partition coefficient (Wildman–Crippen LogP) is 4.17. The zero-order chi connectivity index (χ0) is 14.1. The quantitative estimate of drug-likeness (QED) is 0.766. The van der Waals surface area contributed by atoms with Crippen LogP contribution < -0.4 is 5.32 Å². The molecule has 3 aromatic rings. The highest BCUT2D eigenvalue weighted by atomic mass is 32.1. The summed E-state index contributed by atoms with van der Waals surface area (Å²) in [6.07, 6.45) is 0. The SMILES string of the molecule is Cc1ccc(NC(=O)c2ccc3nc(C)sc3c2)cc1. The van der Waals surface area contributed by atoms with Crippen molar-refractivity contribution >= 4 is 33.1 Å². The molecule has 0 aliphatic heterocycles. The number of nitrogens with one attached hydrogen (secondary N) is 1. The summed E-state index contributed by atoms with van der Waals surface area (Å²) in [6, 6.07) is 13.4. The van der Waals surface area contributed by atoms with E-state index in [1.807, 2.05) is 56.3 Å². The van der Waals surface area contributed by atoms with Crippen LogP contribution >= 0.6 is 11.3 Å². The zero-order valence-corrected chi connectivity index (χ0v) is 12.1. The molecule has 0 fully saturated rings. The highest BCUT2D eigenvalue weighted by molar-refractivity contribution is 7.18. The van der Waals surface area contributed by atoms with Gasteiger partial charge in [-0.05, 0) is 44.2 Å². The summed E-state index contributed by atoms with van der Waals surface area (Å²) in [5, 5.41) is 3.91. The number of aryl methyl sites for hydroxylation is 2. The van der Waals surface area contributed by atoms with Gasteiger partial charge in [0.05, 0.1) is 15.2 Å². The summed E-state index contributed by atoms with van der Waals surface area (Å²) in [4.78, 5) is 16.6. The molecule has 1 amide bonds. The summed E-state index contributed by atoms with van der Waals surface area (Å²) in [7, 11) is 0. The van der Waals surface area contributed by atoms with E-state index < -0.39 is 0 Å². The number of carbonyl (C=O) groups excluding carboxylic acids is 1. The lowest BCUT2D eigenvalue weighted by Crippen LogP contribution is -2.11. The van der Waals surface area contributed by atoms with E-state index in [-0.39, 0.29) is 5.91 Å². The van der Waals surface area contributed by atoms with Crippen molar-refractivity contribution in [2.45, 2.75) is 13.8 Å². The maximum absolute atomic E-state index is 12.2. The van der Waals surface area contributed by atoms with Crippen molar-refractivity contribution in [2.75, 3.05) is 5.32 Å². The average Bonchev–Trinajstić information content (AvgIpc) is 2.80. The van der Waals surface area contributed by atoms with Crippen molar-refractivity contribution in [3.05, 3.63) is 58.6 Å². The number of fused-ring (bicyclic) bond motifs is 1. The van der Waals surface area contributed by atoms with E-state index in [2.05, 4.69) is 10.3 Å². The number of rotatable bonds is 2. The number of benzene rings is 2. The zero-order valence-electron chi connectivity index (χ0n) is 11.3. The van der Waals surface area contributed by atoms with Gasteiger partial charge in [-0.3, -0.25) is 4.79 Å². The molecule has 4 heteroatoms. The molecule has 100 valence electrons. The first kappa shape index (κ1) is 12.8. The number of thiazole rings is 1. The van der Waals surface area contributed by atoms with Gasteiger partial charge in [0.2, 0.25) is 0 Å².